The smallest absolute Gasteiger partial charge is 0.251 e. The first-order valence-electron chi connectivity index (χ1n) is 10.9. The average Bonchev–Trinajstić information content (AvgIpc) is 2.72. The monoisotopic (exact) mass is 419 g/mol. The zero-order chi connectivity index (χ0) is 22.3. The average molecular weight is 420 g/mol. The van der Waals surface area contributed by atoms with Crippen LogP contribution in [0, 0.1) is 17.7 Å². The van der Waals surface area contributed by atoms with Gasteiger partial charge in [-0.2, -0.15) is 0 Å². The molecule has 166 valence electrons. The fourth-order valence-corrected chi connectivity index (χ4v) is 3.90. The molecule has 1 N–H and O–H groups in total. The van der Waals surface area contributed by atoms with Crippen molar-refractivity contribution in [2.24, 2.45) is 11.8 Å². The van der Waals surface area contributed by atoms with Crippen molar-refractivity contribution in [1.29, 1.82) is 0 Å². The van der Waals surface area contributed by atoms with E-state index < -0.39 is 11.9 Å². The highest BCUT2D eigenvalue weighted by Crippen LogP contribution is 2.24. The summed E-state index contributed by atoms with van der Waals surface area (Å²) in [6.45, 7) is 10.2. The minimum atomic E-state index is -0.662. The van der Waals surface area contributed by atoms with Gasteiger partial charge in [-0.05, 0) is 62.8 Å². The largest absolute Gasteiger partial charge is 0.343 e. The van der Waals surface area contributed by atoms with Crippen LogP contribution in [-0.4, -0.2) is 59.7 Å². The number of rotatable bonds is 8. The number of piperidine rings is 1. The third kappa shape index (κ3) is 6.28. The van der Waals surface area contributed by atoms with Crippen molar-refractivity contribution in [1.82, 2.24) is 15.1 Å². The lowest BCUT2D eigenvalue weighted by Gasteiger charge is -2.37. The molecule has 0 bridgehead atoms. The Morgan fingerprint density at radius 3 is 2.17 bits per heavy atom. The summed E-state index contributed by atoms with van der Waals surface area (Å²) in [7, 11) is 0. The summed E-state index contributed by atoms with van der Waals surface area (Å²) < 4.78 is 13.2. The van der Waals surface area contributed by atoms with Crippen molar-refractivity contribution in [2.75, 3.05) is 26.2 Å². The van der Waals surface area contributed by atoms with Gasteiger partial charge in [0.1, 0.15) is 11.9 Å². The fraction of sp³-hybridized carbons (Fsp3) is 0.609. The van der Waals surface area contributed by atoms with Gasteiger partial charge in [0.15, 0.2) is 0 Å². The SMILES string of the molecule is CCN(CC)C(=O)[C@H](NC(=O)c1ccc(F)cc1)C1CCN(C(=O)CC(C)C)CC1. The number of benzene rings is 1. The Labute approximate surface area is 178 Å². The van der Waals surface area contributed by atoms with E-state index in [9.17, 15) is 18.8 Å². The van der Waals surface area contributed by atoms with E-state index >= 15 is 0 Å². The van der Waals surface area contributed by atoms with Gasteiger partial charge in [0.05, 0.1) is 0 Å². The number of carbonyl (C=O) groups excluding carboxylic acids is 3. The Kier molecular flexibility index (Phi) is 8.81. The van der Waals surface area contributed by atoms with Crippen LogP contribution >= 0.6 is 0 Å². The van der Waals surface area contributed by atoms with E-state index in [1.54, 1.807) is 4.90 Å². The molecule has 2 rings (SSSR count). The summed E-state index contributed by atoms with van der Waals surface area (Å²) in [5, 5.41) is 2.89. The second-order valence-electron chi connectivity index (χ2n) is 8.28. The van der Waals surface area contributed by atoms with Gasteiger partial charge in [-0.1, -0.05) is 13.8 Å². The molecule has 1 aromatic carbocycles. The molecule has 1 heterocycles. The van der Waals surface area contributed by atoms with Crippen LogP contribution in [0.5, 0.6) is 0 Å². The maximum atomic E-state index is 13.2. The minimum Gasteiger partial charge on any atom is -0.343 e. The summed E-state index contributed by atoms with van der Waals surface area (Å²) in [5.74, 6) is -0.514. The third-order valence-corrected chi connectivity index (χ3v) is 5.68. The number of likely N-dealkylation sites (tertiary alicyclic amines) is 1. The van der Waals surface area contributed by atoms with Gasteiger partial charge in [0, 0.05) is 38.2 Å². The molecule has 30 heavy (non-hydrogen) atoms. The molecule has 1 fully saturated rings. The van der Waals surface area contributed by atoms with Crippen LogP contribution in [0.15, 0.2) is 24.3 Å². The van der Waals surface area contributed by atoms with Gasteiger partial charge in [0.25, 0.3) is 5.91 Å². The van der Waals surface area contributed by atoms with E-state index in [4.69, 9.17) is 0 Å². The molecule has 1 aromatic rings. The zero-order valence-electron chi connectivity index (χ0n) is 18.5. The maximum Gasteiger partial charge on any atom is 0.251 e. The second kappa shape index (κ2) is 11.1. The molecule has 1 aliphatic heterocycles. The predicted molar refractivity (Wildman–Crippen MR) is 114 cm³/mol. The summed E-state index contributed by atoms with van der Waals surface area (Å²) in [6.07, 6.45) is 1.84. The van der Waals surface area contributed by atoms with E-state index in [1.165, 1.54) is 24.3 Å². The van der Waals surface area contributed by atoms with Gasteiger partial charge < -0.3 is 15.1 Å². The van der Waals surface area contributed by atoms with Crippen molar-refractivity contribution < 1.29 is 18.8 Å². The van der Waals surface area contributed by atoms with Crippen molar-refractivity contribution in [3.05, 3.63) is 35.6 Å². The van der Waals surface area contributed by atoms with Gasteiger partial charge in [-0.3, -0.25) is 14.4 Å². The van der Waals surface area contributed by atoms with E-state index in [0.717, 1.165) is 0 Å². The first-order chi connectivity index (χ1) is 14.3. The molecule has 0 aromatic heterocycles. The topological polar surface area (TPSA) is 69.7 Å². The number of amides is 3. The van der Waals surface area contributed by atoms with Crippen molar-refractivity contribution >= 4 is 17.7 Å². The molecular weight excluding hydrogens is 385 g/mol. The molecule has 6 nitrogen and oxygen atoms in total. The third-order valence-electron chi connectivity index (χ3n) is 5.68. The molecular formula is C23H34FN3O3. The van der Waals surface area contributed by atoms with Crippen LogP contribution in [-0.2, 0) is 9.59 Å². The van der Waals surface area contributed by atoms with E-state index in [-0.39, 0.29) is 23.6 Å². The van der Waals surface area contributed by atoms with E-state index in [1.807, 2.05) is 32.6 Å². The molecule has 1 atom stereocenters. The number of hydrogen-bond donors (Lipinski definition) is 1. The lowest BCUT2D eigenvalue weighted by Crippen LogP contribution is -2.54. The van der Waals surface area contributed by atoms with Gasteiger partial charge in [-0.25, -0.2) is 4.39 Å². The van der Waals surface area contributed by atoms with Crippen LogP contribution in [0.25, 0.3) is 0 Å². The van der Waals surface area contributed by atoms with Crippen LogP contribution < -0.4 is 5.32 Å². The Bertz CT molecular complexity index is 724. The van der Waals surface area contributed by atoms with E-state index in [0.29, 0.717) is 56.9 Å². The number of carbonyl (C=O) groups is 3. The van der Waals surface area contributed by atoms with Crippen molar-refractivity contribution in [3.63, 3.8) is 0 Å². The normalized spacial score (nSPS) is 15.7. The molecule has 7 heteroatoms. The predicted octanol–water partition coefficient (Wildman–Crippen LogP) is 3.08. The molecule has 1 saturated heterocycles. The number of halogens is 1. The Hall–Kier alpha value is -2.44. The lowest BCUT2D eigenvalue weighted by molar-refractivity contribution is -0.136. The maximum absolute atomic E-state index is 13.2. The number of likely N-dealkylation sites (N-methyl/N-ethyl adjacent to an activating group) is 1. The minimum absolute atomic E-state index is 0.0504. The second-order valence-corrected chi connectivity index (χ2v) is 8.28. The van der Waals surface area contributed by atoms with Gasteiger partial charge in [-0.15, -0.1) is 0 Å². The fourth-order valence-electron chi connectivity index (χ4n) is 3.90. The van der Waals surface area contributed by atoms with Gasteiger partial charge in [0.2, 0.25) is 11.8 Å². The molecule has 0 unspecified atom stereocenters. The standard InChI is InChI=1S/C23H34FN3O3/c1-5-26(6-2)23(30)21(25-22(29)18-7-9-19(24)10-8-18)17-11-13-27(14-12-17)20(28)15-16(3)4/h7-10,16-17,21H,5-6,11-15H2,1-4H3,(H,25,29)/t21-/m1/s1. The zero-order valence-corrected chi connectivity index (χ0v) is 18.5. The quantitative estimate of drug-likeness (QED) is 0.704. The molecule has 1 aliphatic rings. The number of hydrogen-bond acceptors (Lipinski definition) is 3. The Morgan fingerprint density at radius 2 is 1.67 bits per heavy atom. The highest BCUT2D eigenvalue weighted by molar-refractivity contribution is 5.97. The molecule has 0 radical (unpaired) electrons. The highest BCUT2D eigenvalue weighted by atomic mass is 19.1. The van der Waals surface area contributed by atoms with Crippen molar-refractivity contribution in [3.8, 4) is 0 Å². The summed E-state index contributed by atoms with van der Waals surface area (Å²) in [5.41, 5.74) is 0.318. The first kappa shape index (κ1) is 23.8. The molecule has 3 amide bonds. The van der Waals surface area contributed by atoms with Crippen LogP contribution in [0.3, 0.4) is 0 Å². The Balaban J connectivity index is 2.12. The lowest BCUT2D eigenvalue weighted by atomic mass is 9.87. The molecule has 0 saturated carbocycles. The van der Waals surface area contributed by atoms with Crippen LogP contribution in [0.4, 0.5) is 4.39 Å². The summed E-state index contributed by atoms with van der Waals surface area (Å²) in [6, 6.07) is 4.63. The van der Waals surface area contributed by atoms with Crippen LogP contribution in [0.1, 0.15) is 57.3 Å². The summed E-state index contributed by atoms with van der Waals surface area (Å²) in [4.78, 5) is 41.8. The van der Waals surface area contributed by atoms with Gasteiger partial charge >= 0.3 is 0 Å². The van der Waals surface area contributed by atoms with Crippen LogP contribution in [0.2, 0.25) is 0 Å². The molecule has 0 aliphatic carbocycles. The van der Waals surface area contributed by atoms with E-state index in [2.05, 4.69) is 5.32 Å². The first-order valence-corrected chi connectivity index (χ1v) is 10.9. The molecule has 0 spiro atoms. The van der Waals surface area contributed by atoms with Crippen molar-refractivity contribution in [2.45, 2.75) is 53.0 Å². The summed E-state index contributed by atoms with van der Waals surface area (Å²) >= 11 is 0. The highest BCUT2D eigenvalue weighted by Gasteiger charge is 2.35. The number of nitrogens with zero attached hydrogens (tertiary/aromatic N) is 2. The Morgan fingerprint density at radius 1 is 1.10 bits per heavy atom. The number of nitrogens with one attached hydrogen (secondary N) is 1.